The molecule has 1 aliphatic carbocycles. The first-order chi connectivity index (χ1) is 15.5. The van der Waals surface area contributed by atoms with E-state index < -0.39 is 0 Å². The number of amides is 1. The Morgan fingerprint density at radius 1 is 1.28 bits per heavy atom. The third-order valence-corrected chi connectivity index (χ3v) is 6.32. The van der Waals surface area contributed by atoms with Gasteiger partial charge in [-0.15, -0.1) is 0 Å². The fraction of sp³-hybridized carbons (Fsp3) is 0.174. The lowest BCUT2D eigenvalue weighted by Gasteiger charge is -2.14. The maximum absolute atomic E-state index is 11.6. The number of nitrogens with zero attached hydrogens (tertiary/aromatic N) is 5. The van der Waals surface area contributed by atoms with Gasteiger partial charge >= 0.3 is 0 Å². The number of benzene rings is 1. The summed E-state index contributed by atoms with van der Waals surface area (Å²) in [6.07, 6.45) is 4.79. The van der Waals surface area contributed by atoms with E-state index in [9.17, 15) is 4.79 Å². The standard InChI is InChI=1S/C23H20N6O2S/c1-13-6-7-16(12-24-13)20-18-8-9-19-22(32-23(27-19)26-14(2)30)21(18)29(28-20)17-5-3-4-15(10-17)11-25-31/h3-7,10-12,31H,8-9H2,1-2H3,(H,26,27,30)/b25-11+. The molecule has 0 atom stereocenters. The normalized spacial score (nSPS) is 12.6. The summed E-state index contributed by atoms with van der Waals surface area (Å²) in [5.74, 6) is -0.146. The van der Waals surface area contributed by atoms with Gasteiger partial charge in [0.2, 0.25) is 5.91 Å². The molecule has 0 bridgehead atoms. The number of rotatable bonds is 4. The molecule has 4 aromatic rings. The van der Waals surface area contributed by atoms with E-state index in [4.69, 9.17) is 10.3 Å². The highest BCUT2D eigenvalue weighted by atomic mass is 32.1. The maximum atomic E-state index is 11.6. The van der Waals surface area contributed by atoms with Crippen LogP contribution in [-0.2, 0) is 17.6 Å². The Balaban J connectivity index is 1.73. The first-order valence-corrected chi connectivity index (χ1v) is 11.0. The van der Waals surface area contributed by atoms with Crippen molar-refractivity contribution in [1.29, 1.82) is 0 Å². The van der Waals surface area contributed by atoms with Crippen molar-refractivity contribution >= 4 is 28.6 Å². The van der Waals surface area contributed by atoms with Gasteiger partial charge < -0.3 is 10.5 Å². The number of aryl methyl sites for hydroxylation is 2. The van der Waals surface area contributed by atoms with Crippen molar-refractivity contribution in [3.63, 3.8) is 0 Å². The van der Waals surface area contributed by atoms with Crippen molar-refractivity contribution in [1.82, 2.24) is 19.7 Å². The number of hydrogen-bond donors (Lipinski definition) is 2. The predicted octanol–water partition coefficient (Wildman–Crippen LogP) is 4.23. The van der Waals surface area contributed by atoms with Crippen molar-refractivity contribution < 1.29 is 10.0 Å². The highest BCUT2D eigenvalue weighted by Crippen LogP contribution is 2.44. The van der Waals surface area contributed by atoms with E-state index in [2.05, 4.69) is 20.4 Å². The number of nitrogens with one attached hydrogen (secondary N) is 1. The number of pyridine rings is 1. The van der Waals surface area contributed by atoms with E-state index in [1.165, 1.54) is 24.5 Å². The fourth-order valence-electron chi connectivity index (χ4n) is 3.90. The molecule has 160 valence electrons. The van der Waals surface area contributed by atoms with Crippen LogP contribution in [0.3, 0.4) is 0 Å². The van der Waals surface area contributed by atoms with Gasteiger partial charge in [-0.1, -0.05) is 28.6 Å². The van der Waals surface area contributed by atoms with Crippen LogP contribution in [0.5, 0.6) is 0 Å². The molecule has 8 nitrogen and oxygen atoms in total. The molecule has 1 aromatic carbocycles. The Bertz CT molecular complexity index is 1350. The van der Waals surface area contributed by atoms with Crippen LogP contribution >= 0.6 is 11.3 Å². The number of carbonyl (C=O) groups is 1. The van der Waals surface area contributed by atoms with E-state index in [0.717, 1.165) is 62.9 Å². The highest BCUT2D eigenvalue weighted by molar-refractivity contribution is 7.19. The Kier molecular flexibility index (Phi) is 5.02. The van der Waals surface area contributed by atoms with Crippen molar-refractivity contribution in [2.75, 3.05) is 5.32 Å². The van der Waals surface area contributed by atoms with Crippen molar-refractivity contribution in [3.05, 3.63) is 65.1 Å². The smallest absolute Gasteiger partial charge is 0.223 e. The topological polar surface area (TPSA) is 105 Å². The van der Waals surface area contributed by atoms with Crippen LogP contribution in [0.2, 0.25) is 0 Å². The second kappa shape index (κ2) is 8.01. The summed E-state index contributed by atoms with van der Waals surface area (Å²) >= 11 is 1.45. The number of hydrogen-bond acceptors (Lipinski definition) is 7. The predicted molar refractivity (Wildman–Crippen MR) is 124 cm³/mol. The molecule has 3 aromatic heterocycles. The lowest BCUT2D eigenvalue weighted by molar-refractivity contribution is -0.114. The van der Waals surface area contributed by atoms with Gasteiger partial charge in [0.25, 0.3) is 0 Å². The van der Waals surface area contributed by atoms with Gasteiger partial charge in [0.15, 0.2) is 5.13 Å². The van der Waals surface area contributed by atoms with Crippen molar-refractivity contribution in [3.8, 4) is 27.5 Å². The minimum absolute atomic E-state index is 0.146. The van der Waals surface area contributed by atoms with Gasteiger partial charge in [-0.2, -0.15) is 5.10 Å². The number of fused-ring (bicyclic) bond motifs is 3. The molecule has 0 saturated heterocycles. The lowest BCUT2D eigenvalue weighted by Crippen LogP contribution is -2.07. The van der Waals surface area contributed by atoms with E-state index >= 15 is 0 Å². The van der Waals surface area contributed by atoms with E-state index in [-0.39, 0.29) is 5.91 Å². The molecule has 9 heteroatoms. The lowest BCUT2D eigenvalue weighted by atomic mass is 9.95. The summed E-state index contributed by atoms with van der Waals surface area (Å²) in [4.78, 5) is 21.7. The molecule has 0 saturated carbocycles. The summed E-state index contributed by atoms with van der Waals surface area (Å²) < 4.78 is 1.91. The Morgan fingerprint density at radius 2 is 2.16 bits per heavy atom. The van der Waals surface area contributed by atoms with Crippen LogP contribution in [0, 0.1) is 6.92 Å². The van der Waals surface area contributed by atoms with Crippen LogP contribution in [0.25, 0.3) is 27.5 Å². The molecule has 0 radical (unpaired) electrons. The average molecular weight is 445 g/mol. The number of thiazole rings is 1. The number of anilines is 1. The number of carbonyl (C=O) groups excluding carboxylic acids is 1. The average Bonchev–Trinajstić information content (AvgIpc) is 3.35. The third kappa shape index (κ3) is 3.56. The third-order valence-electron chi connectivity index (χ3n) is 5.30. The van der Waals surface area contributed by atoms with Crippen LogP contribution in [0.1, 0.15) is 29.4 Å². The Hall–Kier alpha value is -3.85. The first kappa shape index (κ1) is 20.1. The van der Waals surface area contributed by atoms with Crippen LogP contribution < -0.4 is 5.32 Å². The summed E-state index contributed by atoms with van der Waals surface area (Å²) in [6, 6.07) is 11.6. The van der Waals surface area contributed by atoms with Gasteiger partial charge in [-0.05, 0) is 49.6 Å². The molecule has 0 spiro atoms. The second-order valence-electron chi connectivity index (χ2n) is 7.59. The Labute approximate surface area is 188 Å². The summed E-state index contributed by atoms with van der Waals surface area (Å²) in [5, 5.41) is 20.5. The minimum Gasteiger partial charge on any atom is -0.411 e. The van der Waals surface area contributed by atoms with Gasteiger partial charge in [0.1, 0.15) is 0 Å². The molecule has 2 N–H and O–H groups in total. The molecule has 3 heterocycles. The molecular weight excluding hydrogens is 424 g/mol. The number of aromatic nitrogens is 4. The van der Waals surface area contributed by atoms with Gasteiger partial charge in [0, 0.05) is 29.9 Å². The zero-order valence-corrected chi connectivity index (χ0v) is 18.3. The summed E-state index contributed by atoms with van der Waals surface area (Å²) in [5.41, 5.74) is 7.43. The molecular formula is C23H20N6O2S. The quantitative estimate of drug-likeness (QED) is 0.278. The first-order valence-electron chi connectivity index (χ1n) is 10.1. The van der Waals surface area contributed by atoms with Gasteiger partial charge in [-0.25, -0.2) is 9.67 Å². The molecule has 0 unspecified atom stereocenters. The Morgan fingerprint density at radius 3 is 2.91 bits per heavy atom. The van der Waals surface area contributed by atoms with E-state index in [1.54, 1.807) is 0 Å². The molecule has 32 heavy (non-hydrogen) atoms. The second-order valence-corrected chi connectivity index (χ2v) is 8.59. The summed E-state index contributed by atoms with van der Waals surface area (Å²) in [6.45, 7) is 3.44. The minimum atomic E-state index is -0.146. The van der Waals surface area contributed by atoms with Gasteiger partial charge in [-0.3, -0.25) is 9.78 Å². The van der Waals surface area contributed by atoms with Crippen LogP contribution in [-0.4, -0.2) is 37.1 Å². The maximum Gasteiger partial charge on any atom is 0.223 e. The van der Waals surface area contributed by atoms with Crippen LogP contribution in [0.15, 0.2) is 47.8 Å². The zero-order valence-electron chi connectivity index (χ0n) is 17.5. The molecule has 5 rings (SSSR count). The van der Waals surface area contributed by atoms with Crippen molar-refractivity contribution in [2.45, 2.75) is 26.7 Å². The molecule has 0 fully saturated rings. The molecule has 0 aliphatic heterocycles. The fourth-order valence-corrected chi connectivity index (χ4v) is 5.02. The SMILES string of the molecule is CC(=O)Nc1nc2c(s1)-c1c(c(-c3ccc(C)nc3)nn1-c1cccc(/C=N/O)c1)CC2. The number of oxime groups is 1. The monoisotopic (exact) mass is 444 g/mol. The molecule has 1 amide bonds. The zero-order chi connectivity index (χ0) is 22.2. The summed E-state index contributed by atoms with van der Waals surface area (Å²) in [7, 11) is 0. The highest BCUT2D eigenvalue weighted by Gasteiger charge is 2.30. The van der Waals surface area contributed by atoms with Crippen LogP contribution in [0.4, 0.5) is 5.13 Å². The van der Waals surface area contributed by atoms with E-state index in [1.807, 2.05) is 54.2 Å². The molecule has 1 aliphatic rings. The van der Waals surface area contributed by atoms with E-state index in [0.29, 0.717) is 5.13 Å². The van der Waals surface area contributed by atoms with Gasteiger partial charge in [0.05, 0.1) is 33.9 Å². The van der Waals surface area contributed by atoms with Crippen molar-refractivity contribution in [2.24, 2.45) is 5.16 Å². The largest absolute Gasteiger partial charge is 0.411 e.